The lowest BCUT2D eigenvalue weighted by Gasteiger charge is -2.36. The molecule has 166 valence electrons. The third-order valence-corrected chi connectivity index (χ3v) is 5.72. The number of amides is 2. The largest absolute Gasteiger partial charge is 0.371 e. The Hall–Kier alpha value is -3.56. The summed E-state index contributed by atoms with van der Waals surface area (Å²) in [6.07, 6.45) is -0.188. The number of benzene rings is 2. The second kappa shape index (κ2) is 8.89. The molecular formula is C23H23FN4O4. The number of halogens is 1. The number of aliphatic hydroxyl groups is 1. The van der Waals surface area contributed by atoms with Gasteiger partial charge in [0.25, 0.3) is 11.8 Å². The van der Waals surface area contributed by atoms with Gasteiger partial charge in [0.05, 0.1) is 16.6 Å². The highest BCUT2D eigenvalue weighted by Gasteiger charge is 2.32. The van der Waals surface area contributed by atoms with Gasteiger partial charge < -0.3 is 20.3 Å². The van der Waals surface area contributed by atoms with E-state index in [0.29, 0.717) is 31.7 Å². The summed E-state index contributed by atoms with van der Waals surface area (Å²) in [6, 6.07) is 11.4. The summed E-state index contributed by atoms with van der Waals surface area (Å²) in [4.78, 5) is 43.7. The van der Waals surface area contributed by atoms with Gasteiger partial charge in [-0.25, -0.2) is 4.39 Å². The summed E-state index contributed by atoms with van der Waals surface area (Å²) in [5.41, 5.74) is 0.945. The number of nitrogens with one attached hydrogen (secondary N) is 2. The van der Waals surface area contributed by atoms with E-state index in [1.165, 1.54) is 19.3 Å². The summed E-state index contributed by atoms with van der Waals surface area (Å²) >= 11 is 0. The normalized spacial score (nSPS) is 15.5. The zero-order valence-corrected chi connectivity index (χ0v) is 17.5. The summed E-state index contributed by atoms with van der Waals surface area (Å²) in [7, 11) is 1.46. The van der Waals surface area contributed by atoms with Crippen molar-refractivity contribution in [2.45, 2.75) is 6.23 Å². The molecule has 8 nitrogen and oxygen atoms in total. The summed E-state index contributed by atoms with van der Waals surface area (Å²) in [5.74, 6) is -1.86. The molecule has 1 aliphatic rings. The van der Waals surface area contributed by atoms with E-state index in [1.807, 2.05) is 6.07 Å². The van der Waals surface area contributed by atoms with Crippen molar-refractivity contribution >= 4 is 28.5 Å². The summed E-state index contributed by atoms with van der Waals surface area (Å²) in [5, 5.41) is 13.1. The van der Waals surface area contributed by atoms with E-state index in [9.17, 15) is 23.9 Å². The Morgan fingerprint density at radius 1 is 1.03 bits per heavy atom. The molecule has 1 unspecified atom stereocenters. The van der Waals surface area contributed by atoms with Gasteiger partial charge in [-0.3, -0.25) is 19.3 Å². The fraction of sp³-hybridized carbons (Fsp3) is 0.261. The number of hydrogen-bond donors (Lipinski definition) is 3. The number of rotatable bonds is 5. The molecule has 0 aliphatic carbocycles. The Morgan fingerprint density at radius 2 is 1.72 bits per heavy atom. The van der Waals surface area contributed by atoms with Gasteiger partial charge in [0.2, 0.25) is 5.78 Å². The smallest absolute Gasteiger partial charge is 0.253 e. The van der Waals surface area contributed by atoms with Gasteiger partial charge in [-0.15, -0.1) is 0 Å². The molecule has 3 aromatic rings. The fourth-order valence-electron chi connectivity index (χ4n) is 3.96. The summed E-state index contributed by atoms with van der Waals surface area (Å²) < 4.78 is 14.6. The molecule has 32 heavy (non-hydrogen) atoms. The molecule has 0 saturated carbocycles. The minimum absolute atomic E-state index is 0.0291. The lowest BCUT2D eigenvalue weighted by molar-refractivity contribution is -0.00956. The van der Waals surface area contributed by atoms with E-state index in [0.717, 1.165) is 6.07 Å². The Bertz CT molecular complexity index is 1170. The van der Waals surface area contributed by atoms with Crippen LogP contribution >= 0.6 is 0 Å². The van der Waals surface area contributed by atoms with Crippen LogP contribution in [-0.2, 0) is 0 Å². The number of nitrogens with zero attached hydrogens (tertiary/aromatic N) is 2. The zero-order valence-electron chi connectivity index (χ0n) is 17.5. The number of H-pyrrole nitrogens is 1. The predicted molar refractivity (Wildman–Crippen MR) is 116 cm³/mol. The number of fused-ring (bicyclic) bond motifs is 1. The van der Waals surface area contributed by atoms with Crippen molar-refractivity contribution in [2.75, 3.05) is 33.2 Å². The second-order valence-electron chi connectivity index (χ2n) is 7.56. The number of Topliss-reactive ketones (excluding diaryl/α,β-unsaturated/α-hetero) is 1. The van der Waals surface area contributed by atoms with Crippen LogP contribution in [0.4, 0.5) is 4.39 Å². The SMILES string of the molecule is CNC(=O)c1ccc(F)c2c(C(=O)C(O)N3CCN(C(=O)c4ccccc4)CC3)c[nH]c12. The molecule has 1 atom stereocenters. The Kier molecular flexibility index (Phi) is 6.02. The molecular weight excluding hydrogens is 415 g/mol. The van der Waals surface area contributed by atoms with Crippen LogP contribution in [0.1, 0.15) is 31.1 Å². The van der Waals surface area contributed by atoms with Crippen molar-refractivity contribution < 1.29 is 23.9 Å². The Balaban J connectivity index is 1.50. The first-order valence-electron chi connectivity index (χ1n) is 10.2. The van der Waals surface area contributed by atoms with Crippen molar-refractivity contribution in [1.29, 1.82) is 0 Å². The van der Waals surface area contributed by atoms with Crippen LogP contribution in [0.25, 0.3) is 10.9 Å². The molecule has 0 bridgehead atoms. The Labute approximate surface area is 183 Å². The monoisotopic (exact) mass is 438 g/mol. The molecule has 1 aromatic heterocycles. The molecule has 2 aromatic carbocycles. The molecule has 0 radical (unpaired) electrons. The van der Waals surface area contributed by atoms with Gasteiger partial charge >= 0.3 is 0 Å². The molecule has 1 aliphatic heterocycles. The molecule has 1 fully saturated rings. The minimum atomic E-state index is -1.49. The van der Waals surface area contributed by atoms with E-state index in [-0.39, 0.29) is 27.9 Å². The van der Waals surface area contributed by atoms with Gasteiger partial charge in [0.15, 0.2) is 6.23 Å². The number of aromatic amines is 1. The highest BCUT2D eigenvalue weighted by atomic mass is 19.1. The Morgan fingerprint density at radius 3 is 2.38 bits per heavy atom. The molecule has 9 heteroatoms. The first-order chi connectivity index (χ1) is 15.4. The van der Waals surface area contributed by atoms with Gasteiger partial charge in [0.1, 0.15) is 5.82 Å². The molecule has 2 heterocycles. The standard InChI is InChI=1S/C23H23FN4O4/c1-25-21(30)15-7-8-17(24)18-16(13-26-19(15)18)20(29)23(32)28-11-9-27(10-12-28)22(31)14-5-3-2-4-6-14/h2-8,13,23,26,32H,9-12H2,1H3,(H,25,30). The lowest BCUT2D eigenvalue weighted by atomic mass is 10.0. The maximum absolute atomic E-state index is 14.6. The van der Waals surface area contributed by atoms with Crippen LogP contribution in [0.3, 0.4) is 0 Å². The van der Waals surface area contributed by atoms with Crippen molar-refractivity contribution in [3.05, 3.63) is 71.2 Å². The lowest BCUT2D eigenvalue weighted by Crippen LogP contribution is -2.54. The van der Waals surface area contributed by atoms with Crippen LogP contribution in [0.2, 0.25) is 0 Å². The van der Waals surface area contributed by atoms with Crippen LogP contribution in [0.5, 0.6) is 0 Å². The highest BCUT2D eigenvalue weighted by molar-refractivity contribution is 6.14. The first-order valence-corrected chi connectivity index (χ1v) is 10.2. The third kappa shape index (κ3) is 3.88. The maximum atomic E-state index is 14.6. The number of aliphatic hydroxyl groups excluding tert-OH is 1. The van der Waals surface area contributed by atoms with Gasteiger partial charge in [-0.2, -0.15) is 0 Å². The zero-order chi connectivity index (χ0) is 22.8. The van der Waals surface area contributed by atoms with Crippen LogP contribution < -0.4 is 5.32 Å². The van der Waals surface area contributed by atoms with Crippen molar-refractivity contribution in [2.24, 2.45) is 0 Å². The number of hydrogen-bond acceptors (Lipinski definition) is 5. The van der Waals surface area contributed by atoms with E-state index in [4.69, 9.17) is 0 Å². The van der Waals surface area contributed by atoms with E-state index in [2.05, 4.69) is 10.3 Å². The van der Waals surface area contributed by atoms with E-state index >= 15 is 0 Å². The van der Waals surface area contributed by atoms with Crippen LogP contribution in [0.15, 0.2) is 48.7 Å². The molecule has 4 rings (SSSR count). The van der Waals surface area contributed by atoms with Gasteiger partial charge in [-0.1, -0.05) is 18.2 Å². The number of aromatic nitrogens is 1. The number of carbonyl (C=O) groups is 3. The topological polar surface area (TPSA) is 106 Å². The molecule has 1 saturated heterocycles. The first kappa shape index (κ1) is 21.7. The van der Waals surface area contributed by atoms with Crippen LogP contribution in [0, 0.1) is 5.82 Å². The third-order valence-electron chi connectivity index (χ3n) is 5.72. The minimum Gasteiger partial charge on any atom is -0.371 e. The predicted octanol–water partition coefficient (Wildman–Crippen LogP) is 1.63. The van der Waals surface area contributed by atoms with Gasteiger partial charge in [0, 0.05) is 50.4 Å². The molecule has 0 spiro atoms. The quantitative estimate of drug-likeness (QED) is 0.525. The van der Waals surface area contributed by atoms with E-state index in [1.54, 1.807) is 34.1 Å². The van der Waals surface area contributed by atoms with Crippen molar-refractivity contribution in [3.63, 3.8) is 0 Å². The number of ketones is 1. The van der Waals surface area contributed by atoms with Crippen molar-refractivity contribution in [1.82, 2.24) is 20.1 Å². The highest BCUT2D eigenvalue weighted by Crippen LogP contribution is 2.27. The summed E-state index contributed by atoms with van der Waals surface area (Å²) in [6.45, 7) is 1.28. The second-order valence-corrected chi connectivity index (χ2v) is 7.56. The number of carbonyl (C=O) groups excluding carboxylic acids is 3. The van der Waals surface area contributed by atoms with Gasteiger partial charge in [-0.05, 0) is 24.3 Å². The maximum Gasteiger partial charge on any atom is 0.253 e. The average molecular weight is 438 g/mol. The van der Waals surface area contributed by atoms with Crippen molar-refractivity contribution in [3.8, 4) is 0 Å². The molecule has 3 N–H and O–H groups in total. The fourth-order valence-corrected chi connectivity index (χ4v) is 3.96. The van der Waals surface area contributed by atoms with Crippen LogP contribution in [-0.4, -0.2) is 76.9 Å². The molecule has 2 amide bonds. The average Bonchev–Trinajstić information content (AvgIpc) is 3.29. The number of piperazine rings is 1. The van der Waals surface area contributed by atoms with E-state index < -0.39 is 23.7 Å².